The zero-order valence-electron chi connectivity index (χ0n) is 19.2. The van der Waals surface area contributed by atoms with Crippen LogP contribution in [0.25, 0.3) is 0 Å². The lowest BCUT2D eigenvalue weighted by atomic mass is 9.84. The van der Waals surface area contributed by atoms with E-state index in [0.29, 0.717) is 18.6 Å². The lowest BCUT2D eigenvalue weighted by molar-refractivity contribution is -0.131. The minimum absolute atomic E-state index is 0.0732. The largest absolute Gasteiger partial charge is 0.383 e. The molecule has 1 spiro atoms. The van der Waals surface area contributed by atoms with Crippen LogP contribution in [0.15, 0.2) is 30.3 Å². The third kappa shape index (κ3) is 3.54. The van der Waals surface area contributed by atoms with E-state index in [0.717, 1.165) is 46.7 Å². The molecule has 0 unspecified atom stereocenters. The second-order valence-corrected chi connectivity index (χ2v) is 8.97. The first-order valence-corrected chi connectivity index (χ1v) is 11.2. The summed E-state index contributed by atoms with van der Waals surface area (Å²) in [5.41, 5.74) is 3.17. The first-order chi connectivity index (χ1) is 15.3. The number of nitrogens with zero attached hydrogens (tertiary/aromatic N) is 2. The number of hydrogen-bond acceptors (Lipinski definition) is 4. The molecule has 0 bridgehead atoms. The van der Waals surface area contributed by atoms with Gasteiger partial charge in [0, 0.05) is 24.1 Å². The number of ether oxygens (including phenoxy) is 1. The molecule has 0 radical (unpaired) electrons. The van der Waals surface area contributed by atoms with Crippen LogP contribution in [-0.4, -0.2) is 47.4 Å². The average molecular weight is 438 g/mol. The number of methoxy groups -OCH3 is 1. The van der Waals surface area contributed by atoms with Crippen molar-refractivity contribution in [2.24, 2.45) is 0 Å². The van der Waals surface area contributed by atoms with Gasteiger partial charge in [0.05, 0.1) is 19.2 Å². The van der Waals surface area contributed by atoms with Gasteiger partial charge in [-0.25, -0.2) is 4.79 Å². The molecule has 1 fully saturated rings. The van der Waals surface area contributed by atoms with Crippen molar-refractivity contribution in [3.8, 4) is 0 Å². The summed E-state index contributed by atoms with van der Waals surface area (Å²) in [5, 5.41) is 2.95. The summed E-state index contributed by atoms with van der Waals surface area (Å²) in [6.07, 6.45) is 3.22. The number of ketones is 1. The summed E-state index contributed by atoms with van der Waals surface area (Å²) in [4.78, 5) is 40.8. The zero-order chi connectivity index (χ0) is 23.0. The Morgan fingerprint density at radius 2 is 1.97 bits per heavy atom. The van der Waals surface area contributed by atoms with Gasteiger partial charge in [-0.05, 0) is 63.6 Å². The number of urea groups is 1. The van der Waals surface area contributed by atoms with Crippen LogP contribution >= 0.6 is 0 Å². The van der Waals surface area contributed by atoms with E-state index in [1.165, 1.54) is 0 Å². The van der Waals surface area contributed by atoms with Crippen LogP contribution in [-0.2, 0) is 21.5 Å². The number of rotatable bonds is 6. The first-order valence-electron chi connectivity index (χ1n) is 11.2. The molecule has 32 heavy (non-hydrogen) atoms. The standard InChI is InChI=1S/C25H31N3O4/c1-16-13-20(18(3)28(16)17(2)15-32-4)22(29)14-27-23(30)25(26-24(27)31)12-8-7-10-19-9-5-6-11-21(19)25/h5-6,9,11,13,17H,7-8,10,12,14-15H2,1-4H3,(H,26,31)/t17-,25+/m1/s1. The predicted molar refractivity (Wildman–Crippen MR) is 121 cm³/mol. The number of aromatic nitrogens is 1. The molecule has 2 aromatic rings. The highest BCUT2D eigenvalue weighted by atomic mass is 16.5. The minimum atomic E-state index is -1.08. The van der Waals surface area contributed by atoms with Gasteiger partial charge in [0.25, 0.3) is 5.91 Å². The number of Topliss-reactive ketones (excluding diaryl/α,β-unsaturated/α-hetero) is 1. The Morgan fingerprint density at radius 3 is 2.72 bits per heavy atom. The van der Waals surface area contributed by atoms with Crippen LogP contribution in [0.3, 0.4) is 0 Å². The van der Waals surface area contributed by atoms with Crippen molar-refractivity contribution in [1.82, 2.24) is 14.8 Å². The van der Waals surface area contributed by atoms with E-state index in [1.807, 2.05) is 51.1 Å². The quantitative estimate of drug-likeness (QED) is 0.552. The fraction of sp³-hybridized carbons (Fsp3) is 0.480. The number of benzene rings is 1. The molecule has 0 saturated carbocycles. The minimum Gasteiger partial charge on any atom is -0.383 e. The Labute approximate surface area is 188 Å². The zero-order valence-corrected chi connectivity index (χ0v) is 19.2. The molecule has 2 heterocycles. The fourth-order valence-electron chi connectivity index (χ4n) is 5.40. The Kier molecular flexibility index (Phi) is 5.95. The van der Waals surface area contributed by atoms with Crippen LogP contribution < -0.4 is 5.32 Å². The van der Waals surface area contributed by atoms with Gasteiger partial charge in [-0.1, -0.05) is 24.3 Å². The van der Waals surface area contributed by atoms with E-state index >= 15 is 0 Å². The molecule has 1 aliphatic heterocycles. The van der Waals surface area contributed by atoms with Crippen molar-refractivity contribution in [1.29, 1.82) is 0 Å². The highest BCUT2D eigenvalue weighted by Gasteiger charge is 2.53. The monoisotopic (exact) mass is 437 g/mol. The summed E-state index contributed by atoms with van der Waals surface area (Å²) < 4.78 is 7.33. The molecule has 4 rings (SSSR count). The van der Waals surface area contributed by atoms with Crippen molar-refractivity contribution < 1.29 is 19.1 Å². The molecule has 1 saturated heterocycles. The van der Waals surface area contributed by atoms with E-state index in [-0.39, 0.29) is 24.3 Å². The number of imide groups is 1. The summed E-state index contributed by atoms with van der Waals surface area (Å²) in [5.74, 6) is -0.566. The van der Waals surface area contributed by atoms with E-state index in [1.54, 1.807) is 7.11 Å². The number of aryl methyl sites for hydroxylation is 2. The van der Waals surface area contributed by atoms with Gasteiger partial charge in [-0.3, -0.25) is 14.5 Å². The highest BCUT2D eigenvalue weighted by Crippen LogP contribution is 2.39. The Morgan fingerprint density at radius 1 is 1.22 bits per heavy atom. The first kappa shape index (κ1) is 22.3. The Balaban J connectivity index is 1.62. The maximum absolute atomic E-state index is 13.6. The van der Waals surface area contributed by atoms with Crippen LogP contribution in [0.5, 0.6) is 0 Å². The molecule has 1 N–H and O–H groups in total. The van der Waals surface area contributed by atoms with Crippen molar-refractivity contribution in [2.75, 3.05) is 20.3 Å². The van der Waals surface area contributed by atoms with Gasteiger partial charge >= 0.3 is 6.03 Å². The van der Waals surface area contributed by atoms with E-state index in [2.05, 4.69) is 9.88 Å². The van der Waals surface area contributed by atoms with E-state index in [4.69, 9.17) is 4.74 Å². The van der Waals surface area contributed by atoms with Crippen LogP contribution in [0, 0.1) is 13.8 Å². The average Bonchev–Trinajstić information content (AvgIpc) is 3.10. The number of carbonyl (C=O) groups is 3. The van der Waals surface area contributed by atoms with E-state index in [9.17, 15) is 14.4 Å². The molecule has 1 aromatic heterocycles. The second-order valence-electron chi connectivity index (χ2n) is 8.97. The maximum atomic E-state index is 13.6. The van der Waals surface area contributed by atoms with Gasteiger partial charge in [0.1, 0.15) is 5.54 Å². The number of nitrogens with one attached hydrogen (secondary N) is 1. The van der Waals surface area contributed by atoms with E-state index < -0.39 is 11.6 Å². The molecule has 2 atom stereocenters. The number of hydrogen-bond donors (Lipinski definition) is 1. The fourth-order valence-corrected chi connectivity index (χ4v) is 5.40. The van der Waals surface area contributed by atoms with Crippen molar-refractivity contribution in [2.45, 2.75) is 58.0 Å². The van der Waals surface area contributed by atoms with Gasteiger partial charge in [-0.2, -0.15) is 0 Å². The summed E-state index contributed by atoms with van der Waals surface area (Å²) >= 11 is 0. The van der Waals surface area contributed by atoms with Crippen LogP contribution in [0.4, 0.5) is 4.79 Å². The van der Waals surface area contributed by atoms with Gasteiger partial charge in [0.2, 0.25) is 0 Å². The SMILES string of the molecule is COC[C@@H](C)n1c(C)cc(C(=O)CN2C(=O)N[C@]3(CCCCc4ccccc43)C2=O)c1C. The molecule has 7 heteroatoms. The predicted octanol–water partition coefficient (Wildman–Crippen LogP) is 3.67. The Bertz CT molecular complexity index is 1070. The smallest absolute Gasteiger partial charge is 0.325 e. The Hall–Kier alpha value is -2.93. The topological polar surface area (TPSA) is 80.6 Å². The summed E-state index contributed by atoms with van der Waals surface area (Å²) in [7, 11) is 1.65. The van der Waals surface area contributed by atoms with Crippen LogP contribution in [0.1, 0.15) is 65.1 Å². The number of fused-ring (bicyclic) bond motifs is 2. The summed E-state index contributed by atoms with van der Waals surface area (Å²) in [6.45, 7) is 6.13. The number of amides is 3. The molecule has 3 amide bonds. The van der Waals surface area contributed by atoms with Crippen molar-refractivity contribution in [3.63, 3.8) is 0 Å². The molecule has 2 aliphatic rings. The van der Waals surface area contributed by atoms with Crippen molar-refractivity contribution in [3.05, 3.63) is 58.4 Å². The maximum Gasteiger partial charge on any atom is 0.325 e. The van der Waals surface area contributed by atoms with Crippen LogP contribution in [0.2, 0.25) is 0 Å². The highest BCUT2D eigenvalue weighted by molar-refractivity contribution is 6.11. The molecular formula is C25H31N3O4. The number of carbonyl (C=O) groups excluding carboxylic acids is 3. The molecule has 7 nitrogen and oxygen atoms in total. The molecular weight excluding hydrogens is 406 g/mol. The lowest BCUT2D eigenvalue weighted by Gasteiger charge is -2.27. The molecule has 170 valence electrons. The molecule has 1 aliphatic carbocycles. The van der Waals surface area contributed by atoms with Gasteiger partial charge in [-0.15, -0.1) is 0 Å². The summed E-state index contributed by atoms with van der Waals surface area (Å²) in [6, 6.07) is 9.21. The normalized spacial score (nSPS) is 21.4. The van der Waals surface area contributed by atoms with Gasteiger partial charge < -0.3 is 14.6 Å². The third-order valence-electron chi connectivity index (χ3n) is 6.84. The molecule has 1 aromatic carbocycles. The van der Waals surface area contributed by atoms with Gasteiger partial charge in [0.15, 0.2) is 5.78 Å². The third-order valence-corrected chi connectivity index (χ3v) is 6.84. The lowest BCUT2D eigenvalue weighted by Crippen LogP contribution is -2.44. The van der Waals surface area contributed by atoms with Crippen molar-refractivity contribution >= 4 is 17.7 Å². The second kappa shape index (κ2) is 8.54.